The van der Waals surface area contributed by atoms with Crippen molar-refractivity contribution >= 4 is 11.7 Å². The van der Waals surface area contributed by atoms with Gasteiger partial charge in [-0.2, -0.15) is 5.10 Å². The zero-order valence-electron chi connectivity index (χ0n) is 19.2. The van der Waals surface area contributed by atoms with E-state index in [2.05, 4.69) is 51.7 Å². The van der Waals surface area contributed by atoms with E-state index in [4.69, 9.17) is 0 Å². The first-order valence-corrected chi connectivity index (χ1v) is 12.2. The van der Waals surface area contributed by atoms with Gasteiger partial charge in [0.05, 0.1) is 12.4 Å². The summed E-state index contributed by atoms with van der Waals surface area (Å²) in [5.41, 5.74) is 5.46. The van der Waals surface area contributed by atoms with Gasteiger partial charge in [0, 0.05) is 23.6 Å². The Morgan fingerprint density at radius 2 is 2.06 bits per heavy atom. The number of hydrogen-bond acceptors (Lipinski definition) is 3. The first kappa shape index (κ1) is 21.4. The maximum absolute atomic E-state index is 14.0. The third-order valence-electron chi connectivity index (χ3n) is 8.71. The summed E-state index contributed by atoms with van der Waals surface area (Å²) >= 11 is 0. The van der Waals surface area contributed by atoms with E-state index in [-0.39, 0.29) is 29.5 Å². The van der Waals surface area contributed by atoms with Crippen LogP contribution in [0.5, 0.6) is 0 Å². The number of carbonyl (C=O) groups is 1. The number of pyridine rings is 1. The molecule has 0 aliphatic heterocycles. The van der Waals surface area contributed by atoms with Crippen molar-refractivity contribution in [1.82, 2.24) is 15.2 Å². The Morgan fingerprint density at radius 3 is 2.91 bits per heavy atom. The molecule has 3 aromatic rings. The molecule has 1 amide bonds. The molecule has 1 saturated carbocycles. The van der Waals surface area contributed by atoms with Crippen LogP contribution in [0.4, 0.5) is 14.6 Å². The van der Waals surface area contributed by atoms with Crippen LogP contribution in [0.1, 0.15) is 73.2 Å². The Morgan fingerprint density at radius 1 is 1.21 bits per heavy atom. The van der Waals surface area contributed by atoms with Gasteiger partial charge >= 0.3 is 0 Å². The highest BCUT2D eigenvalue weighted by molar-refractivity contribution is 5.89. The molecule has 0 saturated heterocycles. The van der Waals surface area contributed by atoms with E-state index in [9.17, 15) is 13.6 Å². The maximum Gasteiger partial charge on any atom is 0.225 e. The van der Waals surface area contributed by atoms with E-state index < -0.39 is 11.6 Å². The van der Waals surface area contributed by atoms with Gasteiger partial charge in [0.1, 0.15) is 5.82 Å². The summed E-state index contributed by atoms with van der Waals surface area (Å²) in [4.78, 5) is 16.4. The molecule has 3 aliphatic rings. The van der Waals surface area contributed by atoms with Gasteiger partial charge in [-0.25, -0.2) is 13.8 Å². The summed E-state index contributed by atoms with van der Waals surface area (Å²) in [6.45, 7) is 2.36. The molecule has 2 N–H and O–H groups in total. The molecule has 0 spiro atoms. The molecule has 176 valence electrons. The summed E-state index contributed by atoms with van der Waals surface area (Å²) in [6, 6.07) is 9.59. The maximum atomic E-state index is 14.0. The lowest BCUT2D eigenvalue weighted by molar-refractivity contribution is -0.116. The molecule has 1 fully saturated rings. The second-order valence-corrected chi connectivity index (χ2v) is 10.4. The van der Waals surface area contributed by atoms with Gasteiger partial charge in [-0.15, -0.1) is 0 Å². The van der Waals surface area contributed by atoms with E-state index in [1.54, 1.807) is 0 Å². The molecule has 2 aromatic heterocycles. The van der Waals surface area contributed by atoms with Crippen LogP contribution in [-0.4, -0.2) is 21.1 Å². The van der Waals surface area contributed by atoms with Gasteiger partial charge in [0.2, 0.25) is 5.91 Å². The second kappa shape index (κ2) is 8.00. The van der Waals surface area contributed by atoms with Crippen LogP contribution in [0.15, 0.2) is 42.7 Å². The van der Waals surface area contributed by atoms with Crippen molar-refractivity contribution in [2.24, 2.45) is 11.8 Å². The van der Waals surface area contributed by atoms with Crippen molar-refractivity contribution in [3.8, 4) is 0 Å². The third kappa shape index (κ3) is 3.28. The highest BCUT2D eigenvalue weighted by Crippen LogP contribution is 2.64. The number of anilines is 1. The first-order chi connectivity index (χ1) is 16.5. The number of nitrogens with zero attached hydrogens (tertiary/aromatic N) is 2. The van der Waals surface area contributed by atoms with Crippen LogP contribution in [0.3, 0.4) is 0 Å². The van der Waals surface area contributed by atoms with Crippen LogP contribution in [0.2, 0.25) is 0 Å². The zero-order chi connectivity index (χ0) is 23.4. The van der Waals surface area contributed by atoms with Crippen molar-refractivity contribution in [2.75, 3.05) is 5.32 Å². The topological polar surface area (TPSA) is 70.7 Å². The summed E-state index contributed by atoms with van der Waals surface area (Å²) in [7, 11) is 0. The average molecular weight is 463 g/mol. The number of benzene rings is 1. The predicted molar refractivity (Wildman–Crippen MR) is 124 cm³/mol. The van der Waals surface area contributed by atoms with Crippen LogP contribution < -0.4 is 5.32 Å². The summed E-state index contributed by atoms with van der Waals surface area (Å²) < 4.78 is 27.1. The molecule has 5 atom stereocenters. The van der Waals surface area contributed by atoms with Gasteiger partial charge < -0.3 is 5.32 Å². The van der Waals surface area contributed by atoms with E-state index in [1.807, 2.05) is 6.20 Å². The summed E-state index contributed by atoms with van der Waals surface area (Å²) in [5.74, 6) is -0.422. The van der Waals surface area contributed by atoms with Crippen molar-refractivity contribution in [3.63, 3.8) is 0 Å². The molecular weight excluding hydrogens is 434 g/mol. The Balaban J connectivity index is 1.26. The van der Waals surface area contributed by atoms with Crippen molar-refractivity contribution in [2.45, 2.75) is 62.7 Å². The molecule has 5 nitrogen and oxygen atoms in total. The number of H-pyrrole nitrogens is 1. The van der Waals surface area contributed by atoms with E-state index in [0.717, 1.165) is 37.9 Å². The average Bonchev–Trinajstić information content (AvgIpc) is 3.40. The van der Waals surface area contributed by atoms with E-state index >= 15 is 0 Å². The van der Waals surface area contributed by atoms with Crippen molar-refractivity contribution in [1.29, 1.82) is 0 Å². The first-order valence-electron chi connectivity index (χ1n) is 12.2. The lowest BCUT2D eigenvalue weighted by Gasteiger charge is -2.50. The van der Waals surface area contributed by atoms with E-state index in [0.29, 0.717) is 24.2 Å². The fourth-order valence-corrected chi connectivity index (χ4v) is 7.36. The summed E-state index contributed by atoms with van der Waals surface area (Å²) in [5, 5.41) is 10.2. The molecule has 2 heterocycles. The third-order valence-corrected chi connectivity index (χ3v) is 8.71. The second-order valence-electron chi connectivity index (χ2n) is 10.4. The quantitative estimate of drug-likeness (QED) is 0.529. The van der Waals surface area contributed by atoms with E-state index in [1.165, 1.54) is 22.4 Å². The Bertz CT molecular complexity index is 1260. The largest absolute Gasteiger partial charge is 0.308 e. The van der Waals surface area contributed by atoms with Gasteiger partial charge in [-0.1, -0.05) is 31.2 Å². The number of aromatic nitrogens is 3. The van der Waals surface area contributed by atoms with Crippen LogP contribution >= 0.6 is 0 Å². The molecule has 3 aliphatic carbocycles. The highest BCUT2D eigenvalue weighted by Gasteiger charge is 2.57. The molecule has 1 aromatic carbocycles. The molecule has 7 heteroatoms. The lowest BCUT2D eigenvalue weighted by atomic mass is 9.53. The molecule has 0 bridgehead atoms. The minimum absolute atomic E-state index is 0.0189. The van der Waals surface area contributed by atoms with Gasteiger partial charge in [0.25, 0.3) is 0 Å². The minimum atomic E-state index is -0.866. The number of carbonyl (C=O) groups excluding carboxylic acids is 1. The zero-order valence-corrected chi connectivity index (χ0v) is 19.2. The highest BCUT2D eigenvalue weighted by atomic mass is 19.1. The Labute approximate surface area is 197 Å². The molecule has 0 radical (unpaired) electrons. The molecule has 6 rings (SSSR count). The van der Waals surface area contributed by atoms with Crippen LogP contribution in [-0.2, 0) is 16.6 Å². The monoisotopic (exact) mass is 462 g/mol. The van der Waals surface area contributed by atoms with Gasteiger partial charge in [-0.05, 0) is 72.5 Å². The van der Waals surface area contributed by atoms with Crippen LogP contribution in [0.25, 0.3) is 0 Å². The standard InChI is InChI=1S/C27H28F2N4O/c1-27-11-10-18-17-5-3-2-4-15(17)6-7-19(18)24(27)20(21-14-31-33-25(21)27)8-9-23(34)32-26-22(29)12-16(28)13-30-26/h2-5,12-14,18-20,24H,6-11H2,1H3,(H,31,33)(H,30,32,34)/t18?,19?,20-,24?,27+/m1/s1. The Hall–Kier alpha value is -3.09. The predicted octanol–water partition coefficient (Wildman–Crippen LogP) is 5.61. The molecule has 34 heavy (non-hydrogen) atoms. The SMILES string of the molecule is C[C@]12CCC3c4ccccc4CCC3C1[C@H](CCC(=O)Nc1ncc(F)cc1F)c1cn[nH]c12. The number of aryl methyl sites for hydroxylation is 1. The number of halogens is 2. The van der Waals surface area contributed by atoms with Crippen molar-refractivity contribution < 1.29 is 13.6 Å². The number of amides is 1. The van der Waals surface area contributed by atoms with Crippen molar-refractivity contribution in [3.05, 3.63) is 76.7 Å². The van der Waals surface area contributed by atoms with Crippen LogP contribution in [0, 0.1) is 23.5 Å². The molecule has 3 unspecified atom stereocenters. The van der Waals surface area contributed by atoms with Gasteiger partial charge in [0.15, 0.2) is 11.6 Å². The minimum Gasteiger partial charge on any atom is -0.308 e. The number of aromatic amines is 1. The summed E-state index contributed by atoms with van der Waals surface area (Å²) in [6.07, 6.45) is 8.26. The molecular formula is C27H28F2N4O. The fraction of sp³-hybridized carbons (Fsp3) is 0.444. The number of rotatable bonds is 4. The smallest absolute Gasteiger partial charge is 0.225 e. The number of fused-ring (bicyclic) bond motifs is 7. The fourth-order valence-electron chi connectivity index (χ4n) is 7.36. The number of nitrogens with one attached hydrogen (secondary N) is 2. The van der Waals surface area contributed by atoms with Gasteiger partial charge in [-0.3, -0.25) is 9.89 Å². The Kier molecular flexibility index (Phi) is 5.04. The number of hydrogen-bond donors (Lipinski definition) is 2. The normalized spacial score (nSPS) is 29.0. The lowest BCUT2D eigenvalue weighted by Crippen LogP contribution is -2.44.